The average molecular weight is 320 g/mol. The van der Waals surface area contributed by atoms with Gasteiger partial charge in [-0.15, -0.1) is 0 Å². The fourth-order valence-corrected chi connectivity index (χ4v) is 4.08. The highest BCUT2D eigenvalue weighted by Gasteiger charge is 2.68. The van der Waals surface area contributed by atoms with Gasteiger partial charge in [0.15, 0.2) is 0 Å². The van der Waals surface area contributed by atoms with Crippen molar-refractivity contribution in [1.82, 2.24) is 5.32 Å². The van der Waals surface area contributed by atoms with Gasteiger partial charge < -0.3 is 10.1 Å². The summed E-state index contributed by atoms with van der Waals surface area (Å²) < 4.78 is 44.5. The molecule has 21 heavy (non-hydrogen) atoms. The highest BCUT2D eigenvalue weighted by molar-refractivity contribution is 6.31. The first-order valence-corrected chi connectivity index (χ1v) is 7.29. The summed E-state index contributed by atoms with van der Waals surface area (Å²) in [5.74, 6) is 0. The van der Waals surface area contributed by atoms with Crippen molar-refractivity contribution in [3.63, 3.8) is 0 Å². The van der Waals surface area contributed by atoms with Crippen LogP contribution in [0.25, 0.3) is 0 Å². The number of hydrogen-bond acceptors (Lipinski definition) is 2. The third kappa shape index (κ3) is 2.26. The average Bonchev–Trinajstić information content (AvgIpc) is 3.08. The Hall–Kier alpha value is -0.780. The first kappa shape index (κ1) is 15.1. The maximum Gasteiger partial charge on any atom is 0.417 e. The number of rotatable bonds is 3. The number of piperidine rings is 1. The van der Waals surface area contributed by atoms with Crippen molar-refractivity contribution in [1.29, 1.82) is 0 Å². The molecule has 0 amide bonds. The van der Waals surface area contributed by atoms with Gasteiger partial charge in [0.2, 0.25) is 0 Å². The molecule has 1 aliphatic heterocycles. The highest BCUT2D eigenvalue weighted by Crippen LogP contribution is 2.68. The minimum absolute atomic E-state index is 0.0866. The summed E-state index contributed by atoms with van der Waals surface area (Å²) in [5.41, 5.74) is -0.305. The van der Waals surface area contributed by atoms with Crippen LogP contribution in [0.15, 0.2) is 18.2 Å². The van der Waals surface area contributed by atoms with Gasteiger partial charge in [-0.05, 0) is 37.1 Å². The van der Waals surface area contributed by atoms with Crippen LogP contribution in [-0.2, 0) is 16.3 Å². The third-order valence-corrected chi connectivity index (χ3v) is 5.30. The Kier molecular flexibility index (Phi) is 3.50. The molecule has 0 unspecified atom stereocenters. The second-order valence-electron chi connectivity index (χ2n) is 6.09. The Bertz CT molecular complexity index is 558. The summed E-state index contributed by atoms with van der Waals surface area (Å²) in [6.07, 6.45) is -2.73. The van der Waals surface area contributed by atoms with E-state index in [-0.39, 0.29) is 15.9 Å². The van der Waals surface area contributed by atoms with Crippen LogP contribution >= 0.6 is 11.6 Å². The molecule has 1 saturated heterocycles. The van der Waals surface area contributed by atoms with Gasteiger partial charge in [0, 0.05) is 24.5 Å². The molecular formula is C15H17ClF3NO. The molecule has 1 saturated carbocycles. The lowest BCUT2D eigenvalue weighted by Crippen LogP contribution is -2.40. The van der Waals surface area contributed by atoms with Crippen molar-refractivity contribution in [2.75, 3.05) is 26.8 Å². The number of alkyl halides is 3. The second kappa shape index (κ2) is 4.86. The zero-order valence-electron chi connectivity index (χ0n) is 11.7. The van der Waals surface area contributed by atoms with E-state index in [1.54, 1.807) is 13.2 Å². The molecule has 0 bridgehead atoms. The van der Waals surface area contributed by atoms with Gasteiger partial charge in [-0.3, -0.25) is 0 Å². The van der Waals surface area contributed by atoms with E-state index in [1.165, 1.54) is 12.1 Å². The van der Waals surface area contributed by atoms with Crippen LogP contribution in [0.3, 0.4) is 0 Å². The monoisotopic (exact) mass is 319 g/mol. The minimum atomic E-state index is -4.42. The largest absolute Gasteiger partial charge is 0.417 e. The highest BCUT2D eigenvalue weighted by atomic mass is 35.5. The van der Waals surface area contributed by atoms with Crippen molar-refractivity contribution in [2.45, 2.75) is 24.4 Å². The van der Waals surface area contributed by atoms with Crippen molar-refractivity contribution in [3.05, 3.63) is 34.3 Å². The summed E-state index contributed by atoms with van der Waals surface area (Å²) in [4.78, 5) is 0. The van der Waals surface area contributed by atoms with E-state index in [1.807, 2.05) is 0 Å². The molecule has 2 aliphatic rings. The molecule has 0 aromatic heterocycles. The summed E-state index contributed by atoms with van der Waals surface area (Å²) >= 11 is 5.72. The van der Waals surface area contributed by atoms with Crippen LogP contribution in [0.2, 0.25) is 5.02 Å². The van der Waals surface area contributed by atoms with E-state index >= 15 is 0 Å². The summed E-state index contributed by atoms with van der Waals surface area (Å²) in [5, 5.41) is 3.08. The van der Waals surface area contributed by atoms with Crippen LogP contribution in [-0.4, -0.2) is 26.8 Å². The number of ether oxygens (including phenoxy) is 1. The summed E-state index contributed by atoms with van der Waals surface area (Å²) in [7, 11) is 1.63. The molecule has 2 fully saturated rings. The number of fused-ring (bicyclic) bond motifs is 1. The molecule has 3 rings (SSSR count). The predicted octanol–water partition coefficient (Wildman–Crippen LogP) is 3.63. The quantitative estimate of drug-likeness (QED) is 0.918. The van der Waals surface area contributed by atoms with E-state index in [4.69, 9.17) is 16.3 Å². The minimum Gasteiger partial charge on any atom is -0.384 e. The van der Waals surface area contributed by atoms with E-state index in [9.17, 15) is 13.2 Å². The smallest absolute Gasteiger partial charge is 0.384 e. The maximum atomic E-state index is 13.1. The van der Waals surface area contributed by atoms with Crippen molar-refractivity contribution in [3.8, 4) is 0 Å². The van der Waals surface area contributed by atoms with E-state index in [0.29, 0.717) is 6.61 Å². The molecule has 116 valence electrons. The Morgan fingerprint density at radius 2 is 2.14 bits per heavy atom. The van der Waals surface area contributed by atoms with Gasteiger partial charge in [0.1, 0.15) is 0 Å². The molecule has 1 heterocycles. The Balaban J connectivity index is 2.01. The van der Waals surface area contributed by atoms with Crippen molar-refractivity contribution in [2.24, 2.45) is 5.41 Å². The molecule has 2 atom stereocenters. The van der Waals surface area contributed by atoms with Gasteiger partial charge in [-0.2, -0.15) is 13.2 Å². The molecule has 1 aromatic carbocycles. The van der Waals surface area contributed by atoms with Crippen LogP contribution in [0.1, 0.15) is 24.0 Å². The fourth-order valence-electron chi connectivity index (χ4n) is 3.86. The van der Waals surface area contributed by atoms with Gasteiger partial charge in [-0.25, -0.2) is 0 Å². The van der Waals surface area contributed by atoms with Crippen LogP contribution in [0.4, 0.5) is 13.2 Å². The Morgan fingerprint density at radius 3 is 2.81 bits per heavy atom. The Morgan fingerprint density at radius 1 is 1.38 bits per heavy atom. The predicted molar refractivity (Wildman–Crippen MR) is 74.5 cm³/mol. The van der Waals surface area contributed by atoms with Crippen LogP contribution < -0.4 is 5.32 Å². The Labute approximate surface area is 126 Å². The SMILES string of the molecule is COC[C@]12CNCC[C@@]1(c1ccc(Cl)c(C(F)(F)F)c1)C2. The lowest BCUT2D eigenvalue weighted by Gasteiger charge is -2.31. The number of hydrogen-bond donors (Lipinski definition) is 1. The van der Waals surface area contributed by atoms with Gasteiger partial charge >= 0.3 is 6.18 Å². The lowest BCUT2D eigenvalue weighted by atomic mass is 9.81. The first-order valence-electron chi connectivity index (χ1n) is 6.92. The third-order valence-electron chi connectivity index (χ3n) is 4.97. The van der Waals surface area contributed by atoms with E-state index in [0.717, 1.165) is 31.5 Å². The zero-order chi connectivity index (χ0) is 15.3. The molecule has 1 N–H and O–H groups in total. The number of halogens is 4. The van der Waals surface area contributed by atoms with Crippen molar-refractivity contribution >= 4 is 11.6 Å². The van der Waals surface area contributed by atoms with Gasteiger partial charge in [0.25, 0.3) is 0 Å². The molecule has 6 heteroatoms. The van der Waals surface area contributed by atoms with Gasteiger partial charge in [-0.1, -0.05) is 17.7 Å². The van der Waals surface area contributed by atoms with Crippen molar-refractivity contribution < 1.29 is 17.9 Å². The molecular weight excluding hydrogens is 303 g/mol. The number of nitrogens with one attached hydrogen (secondary N) is 1. The van der Waals surface area contributed by atoms with Crippen LogP contribution in [0.5, 0.6) is 0 Å². The molecule has 1 aromatic rings. The lowest BCUT2D eigenvalue weighted by molar-refractivity contribution is -0.137. The molecule has 2 nitrogen and oxygen atoms in total. The molecule has 1 aliphatic carbocycles. The summed E-state index contributed by atoms with van der Waals surface area (Å²) in [6.45, 7) is 2.16. The number of methoxy groups -OCH3 is 1. The zero-order valence-corrected chi connectivity index (χ0v) is 12.4. The number of benzene rings is 1. The van der Waals surface area contributed by atoms with Crippen LogP contribution in [0, 0.1) is 5.41 Å². The maximum absolute atomic E-state index is 13.1. The second-order valence-corrected chi connectivity index (χ2v) is 6.50. The topological polar surface area (TPSA) is 21.3 Å². The van der Waals surface area contributed by atoms with Gasteiger partial charge in [0.05, 0.1) is 17.2 Å². The van der Waals surface area contributed by atoms with E-state index < -0.39 is 11.7 Å². The standard InChI is InChI=1S/C15H17ClF3NO/c1-21-9-13-7-14(13,4-5-20-8-13)10-2-3-12(16)11(6-10)15(17,18)19/h2-3,6,20H,4-5,7-9H2,1H3/t13-,14-/m0/s1. The normalized spacial score (nSPS) is 31.9. The van der Waals surface area contributed by atoms with E-state index in [2.05, 4.69) is 5.32 Å². The fraction of sp³-hybridized carbons (Fsp3) is 0.600. The molecule has 0 radical (unpaired) electrons. The first-order chi connectivity index (χ1) is 9.85. The molecule has 0 spiro atoms. The summed E-state index contributed by atoms with van der Waals surface area (Å²) in [6, 6.07) is 4.33.